The van der Waals surface area contributed by atoms with Gasteiger partial charge in [0.05, 0.1) is 4.88 Å². The van der Waals surface area contributed by atoms with Crippen molar-refractivity contribution in [2.45, 2.75) is 32.1 Å². The zero-order valence-electron chi connectivity index (χ0n) is 14.4. The summed E-state index contributed by atoms with van der Waals surface area (Å²) in [5.74, 6) is 0.144. The maximum atomic E-state index is 12.3. The predicted molar refractivity (Wildman–Crippen MR) is 96.4 cm³/mol. The molecule has 136 valence electrons. The summed E-state index contributed by atoms with van der Waals surface area (Å²) in [4.78, 5) is 41.0. The van der Waals surface area contributed by atoms with Gasteiger partial charge in [-0.1, -0.05) is 6.07 Å². The number of hydrogen-bond acceptors (Lipinski definition) is 4. The van der Waals surface area contributed by atoms with E-state index < -0.39 is 0 Å². The summed E-state index contributed by atoms with van der Waals surface area (Å²) in [5.41, 5.74) is 0. The van der Waals surface area contributed by atoms with Crippen molar-refractivity contribution in [1.82, 2.24) is 15.1 Å². The van der Waals surface area contributed by atoms with Crippen molar-refractivity contribution >= 4 is 29.1 Å². The van der Waals surface area contributed by atoms with Gasteiger partial charge in [0, 0.05) is 45.1 Å². The first-order valence-electron chi connectivity index (χ1n) is 9.03. The summed E-state index contributed by atoms with van der Waals surface area (Å²) < 4.78 is 0. The molecule has 0 saturated carbocycles. The molecule has 0 aliphatic carbocycles. The third-order valence-electron chi connectivity index (χ3n) is 4.98. The van der Waals surface area contributed by atoms with E-state index >= 15 is 0 Å². The van der Waals surface area contributed by atoms with E-state index in [1.807, 2.05) is 27.3 Å². The van der Waals surface area contributed by atoms with Gasteiger partial charge in [0.25, 0.3) is 5.91 Å². The molecule has 2 aliphatic rings. The molecule has 1 N–H and O–H groups in total. The van der Waals surface area contributed by atoms with Gasteiger partial charge in [0.15, 0.2) is 0 Å². The summed E-state index contributed by atoms with van der Waals surface area (Å²) in [6.07, 6.45) is 3.91. The monoisotopic (exact) mass is 363 g/mol. The molecule has 2 saturated heterocycles. The standard InChI is InChI=1S/C18H25N3O3S/c22-16(20-9-1-2-10-20)5-8-19-17(23)14-6-11-21(12-7-14)18(24)15-4-3-13-25-15/h3-4,13-14H,1-2,5-12H2,(H,19,23). The number of nitrogens with one attached hydrogen (secondary N) is 1. The van der Waals surface area contributed by atoms with Gasteiger partial charge in [-0.2, -0.15) is 0 Å². The van der Waals surface area contributed by atoms with Crippen LogP contribution < -0.4 is 5.32 Å². The number of amides is 3. The average Bonchev–Trinajstić information content (AvgIpc) is 3.34. The van der Waals surface area contributed by atoms with E-state index in [4.69, 9.17) is 0 Å². The van der Waals surface area contributed by atoms with Gasteiger partial charge in [0.2, 0.25) is 11.8 Å². The second kappa shape index (κ2) is 8.47. The quantitative estimate of drug-likeness (QED) is 0.866. The fraction of sp³-hybridized carbons (Fsp3) is 0.611. The Kier molecular flexibility index (Phi) is 6.07. The molecule has 1 aromatic rings. The summed E-state index contributed by atoms with van der Waals surface area (Å²) in [6.45, 7) is 3.33. The summed E-state index contributed by atoms with van der Waals surface area (Å²) in [7, 11) is 0. The molecule has 3 heterocycles. The van der Waals surface area contributed by atoms with Gasteiger partial charge >= 0.3 is 0 Å². The lowest BCUT2D eigenvalue weighted by molar-refractivity contribution is -0.130. The van der Waals surface area contributed by atoms with Gasteiger partial charge in [0.1, 0.15) is 0 Å². The van der Waals surface area contributed by atoms with Crippen molar-refractivity contribution in [3.63, 3.8) is 0 Å². The van der Waals surface area contributed by atoms with E-state index in [1.165, 1.54) is 11.3 Å². The highest BCUT2D eigenvalue weighted by Gasteiger charge is 2.28. The van der Waals surface area contributed by atoms with Crippen LogP contribution in [0.2, 0.25) is 0 Å². The van der Waals surface area contributed by atoms with Crippen molar-refractivity contribution in [1.29, 1.82) is 0 Å². The summed E-state index contributed by atoms with van der Waals surface area (Å²) >= 11 is 1.45. The fourth-order valence-electron chi connectivity index (χ4n) is 3.46. The van der Waals surface area contributed by atoms with Crippen molar-refractivity contribution in [3.8, 4) is 0 Å². The second-order valence-corrected chi connectivity index (χ2v) is 7.62. The lowest BCUT2D eigenvalue weighted by atomic mass is 9.95. The van der Waals surface area contributed by atoms with Gasteiger partial charge in [-0.25, -0.2) is 0 Å². The average molecular weight is 363 g/mol. The normalized spacial score (nSPS) is 18.4. The first kappa shape index (κ1) is 17.9. The Hall–Kier alpha value is -1.89. The number of carbonyl (C=O) groups excluding carboxylic acids is 3. The third kappa shape index (κ3) is 4.60. The molecule has 0 unspecified atom stereocenters. The van der Waals surface area contributed by atoms with Crippen LogP contribution in [0, 0.1) is 5.92 Å². The van der Waals surface area contributed by atoms with Crippen LogP contribution in [0.4, 0.5) is 0 Å². The van der Waals surface area contributed by atoms with Crippen LogP contribution in [0.1, 0.15) is 41.8 Å². The SMILES string of the molecule is O=C(NCCC(=O)N1CCCC1)C1CCN(C(=O)c2cccs2)CC1. The number of carbonyl (C=O) groups is 3. The molecule has 1 aromatic heterocycles. The molecule has 25 heavy (non-hydrogen) atoms. The van der Waals surface area contributed by atoms with Crippen molar-refractivity contribution in [3.05, 3.63) is 22.4 Å². The van der Waals surface area contributed by atoms with Crippen LogP contribution >= 0.6 is 11.3 Å². The first-order valence-corrected chi connectivity index (χ1v) is 9.91. The number of hydrogen-bond donors (Lipinski definition) is 1. The van der Waals surface area contributed by atoms with E-state index in [1.54, 1.807) is 0 Å². The van der Waals surface area contributed by atoms with Gasteiger partial charge in [-0.3, -0.25) is 14.4 Å². The lowest BCUT2D eigenvalue weighted by Crippen LogP contribution is -2.43. The maximum Gasteiger partial charge on any atom is 0.263 e. The number of rotatable bonds is 5. The Morgan fingerprint density at radius 2 is 1.80 bits per heavy atom. The number of likely N-dealkylation sites (tertiary alicyclic amines) is 2. The Bertz CT molecular complexity index is 603. The summed E-state index contributed by atoms with van der Waals surface area (Å²) in [6, 6.07) is 3.71. The minimum atomic E-state index is -0.0609. The van der Waals surface area contributed by atoms with Crippen molar-refractivity contribution in [2.24, 2.45) is 5.92 Å². The number of nitrogens with zero attached hydrogens (tertiary/aromatic N) is 2. The highest BCUT2D eigenvalue weighted by molar-refractivity contribution is 7.12. The molecular weight excluding hydrogens is 338 g/mol. The minimum Gasteiger partial charge on any atom is -0.355 e. The molecule has 6 nitrogen and oxygen atoms in total. The summed E-state index contributed by atoms with van der Waals surface area (Å²) in [5, 5.41) is 4.79. The largest absolute Gasteiger partial charge is 0.355 e. The molecule has 0 radical (unpaired) electrons. The van der Waals surface area contributed by atoms with Crippen LogP contribution in [-0.2, 0) is 9.59 Å². The zero-order valence-corrected chi connectivity index (χ0v) is 15.2. The maximum absolute atomic E-state index is 12.3. The Labute approximate surface area is 152 Å². The van der Waals surface area contributed by atoms with E-state index in [0.29, 0.717) is 38.9 Å². The topological polar surface area (TPSA) is 69.7 Å². The van der Waals surface area contributed by atoms with Gasteiger partial charge in [-0.15, -0.1) is 11.3 Å². The van der Waals surface area contributed by atoms with Crippen molar-refractivity contribution in [2.75, 3.05) is 32.7 Å². The van der Waals surface area contributed by atoms with Crippen LogP contribution in [0.5, 0.6) is 0 Å². The third-order valence-corrected chi connectivity index (χ3v) is 5.84. The fourth-order valence-corrected chi connectivity index (χ4v) is 4.15. The second-order valence-electron chi connectivity index (χ2n) is 6.67. The van der Waals surface area contributed by atoms with Gasteiger partial charge in [-0.05, 0) is 37.1 Å². The van der Waals surface area contributed by atoms with Crippen molar-refractivity contribution < 1.29 is 14.4 Å². The Morgan fingerprint density at radius 3 is 2.44 bits per heavy atom. The minimum absolute atomic E-state index is 0.0115. The zero-order chi connectivity index (χ0) is 17.6. The molecule has 0 aromatic carbocycles. The van der Waals surface area contributed by atoms with Crippen LogP contribution in [-0.4, -0.2) is 60.2 Å². The molecular formula is C18H25N3O3S. The van der Waals surface area contributed by atoms with E-state index in [-0.39, 0.29) is 23.6 Å². The molecule has 0 atom stereocenters. The van der Waals surface area contributed by atoms with E-state index in [0.717, 1.165) is 30.8 Å². The molecule has 0 spiro atoms. The first-order chi connectivity index (χ1) is 12.1. The smallest absolute Gasteiger partial charge is 0.263 e. The van der Waals surface area contributed by atoms with Gasteiger partial charge < -0.3 is 15.1 Å². The molecule has 0 bridgehead atoms. The number of piperidine rings is 1. The molecule has 3 rings (SSSR count). The number of thiophene rings is 1. The van der Waals surface area contributed by atoms with E-state index in [9.17, 15) is 14.4 Å². The molecule has 3 amide bonds. The molecule has 7 heteroatoms. The van der Waals surface area contributed by atoms with E-state index in [2.05, 4.69) is 5.32 Å². The molecule has 2 fully saturated rings. The highest BCUT2D eigenvalue weighted by atomic mass is 32.1. The Balaban J connectivity index is 1.36. The van der Waals surface area contributed by atoms with Crippen LogP contribution in [0.25, 0.3) is 0 Å². The predicted octanol–water partition coefficient (Wildman–Crippen LogP) is 1.73. The lowest BCUT2D eigenvalue weighted by Gasteiger charge is -2.31. The Morgan fingerprint density at radius 1 is 1.08 bits per heavy atom. The van der Waals surface area contributed by atoms with Crippen LogP contribution in [0.3, 0.4) is 0 Å². The highest BCUT2D eigenvalue weighted by Crippen LogP contribution is 2.21. The molecule has 2 aliphatic heterocycles. The van der Waals surface area contributed by atoms with Crippen LogP contribution in [0.15, 0.2) is 17.5 Å².